The SMILES string of the molecule is NCC1CCCC1C(=O)N1CCCCC1C(=O)O. The summed E-state index contributed by atoms with van der Waals surface area (Å²) in [6.45, 7) is 1.12. The van der Waals surface area contributed by atoms with Gasteiger partial charge in [0.05, 0.1) is 0 Å². The van der Waals surface area contributed by atoms with Crippen molar-refractivity contribution < 1.29 is 14.7 Å². The number of aliphatic carboxylic acids is 1. The predicted molar refractivity (Wildman–Crippen MR) is 66.9 cm³/mol. The van der Waals surface area contributed by atoms with Gasteiger partial charge in [-0.1, -0.05) is 6.42 Å². The lowest BCUT2D eigenvalue weighted by molar-refractivity contribution is -0.154. The predicted octanol–water partition coefficient (Wildman–Crippen LogP) is 0.827. The second-order valence-electron chi connectivity index (χ2n) is 5.41. The molecule has 2 fully saturated rings. The molecular formula is C13H22N2O3. The molecule has 0 bridgehead atoms. The molecule has 0 aromatic carbocycles. The zero-order valence-electron chi connectivity index (χ0n) is 10.7. The van der Waals surface area contributed by atoms with Gasteiger partial charge in [-0.2, -0.15) is 0 Å². The monoisotopic (exact) mass is 254 g/mol. The summed E-state index contributed by atoms with van der Waals surface area (Å²) in [5.41, 5.74) is 5.70. The number of nitrogens with zero attached hydrogens (tertiary/aromatic N) is 1. The van der Waals surface area contributed by atoms with E-state index in [1.54, 1.807) is 4.90 Å². The number of piperidine rings is 1. The summed E-state index contributed by atoms with van der Waals surface area (Å²) in [5, 5.41) is 9.20. The van der Waals surface area contributed by atoms with Crippen LogP contribution in [0.4, 0.5) is 0 Å². The highest BCUT2D eigenvalue weighted by Crippen LogP contribution is 2.34. The van der Waals surface area contributed by atoms with Crippen LogP contribution in [-0.2, 0) is 9.59 Å². The van der Waals surface area contributed by atoms with E-state index in [-0.39, 0.29) is 17.7 Å². The van der Waals surface area contributed by atoms with Gasteiger partial charge in [0.2, 0.25) is 5.91 Å². The molecule has 5 nitrogen and oxygen atoms in total. The first-order chi connectivity index (χ1) is 8.65. The Bertz CT molecular complexity index is 332. The number of hydrogen-bond acceptors (Lipinski definition) is 3. The molecule has 0 aromatic rings. The highest BCUT2D eigenvalue weighted by Gasteiger charge is 2.39. The van der Waals surface area contributed by atoms with Crippen LogP contribution < -0.4 is 5.73 Å². The summed E-state index contributed by atoms with van der Waals surface area (Å²) in [5.74, 6) is -0.649. The normalized spacial score (nSPS) is 32.5. The Labute approximate surface area is 107 Å². The summed E-state index contributed by atoms with van der Waals surface area (Å²) in [7, 11) is 0. The lowest BCUT2D eigenvalue weighted by Gasteiger charge is -2.35. The van der Waals surface area contributed by atoms with E-state index in [0.29, 0.717) is 19.5 Å². The number of carbonyl (C=O) groups is 2. The van der Waals surface area contributed by atoms with Crippen molar-refractivity contribution in [3.63, 3.8) is 0 Å². The van der Waals surface area contributed by atoms with Crippen LogP contribution in [0, 0.1) is 11.8 Å². The average molecular weight is 254 g/mol. The van der Waals surface area contributed by atoms with Crippen molar-refractivity contribution >= 4 is 11.9 Å². The van der Waals surface area contributed by atoms with E-state index in [4.69, 9.17) is 5.73 Å². The third-order valence-electron chi connectivity index (χ3n) is 4.35. The molecule has 3 N–H and O–H groups in total. The Balaban J connectivity index is 2.08. The molecule has 2 aliphatic rings. The van der Waals surface area contributed by atoms with Crippen LogP contribution in [0.5, 0.6) is 0 Å². The first kappa shape index (κ1) is 13.3. The van der Waals surface area contributed by atoms with Crippen LogP contribution in [0.15, 0.2) is 0 Å². The van der Waals surface area contributed by atoms with E-state index < -0.39 is 12.0 Å². The molecule has 1 saturated carbocycles. The van der Waals surface area contributed by atoms with Gasteiger partial charge in [-0.15, -0.1) is 0 Å². The molecule has 0 spiro atoms. The number of amides is 1. The number of carboxylic acids is 1. The molecule has 0 aromatic heterocycles. The molecule has 18 heavy (non-hydrogen) atoms. The molecule has 3 atom stereocenters. The van der Waals surface area contributed by atoms with Crippen molar-refractivity contribution in [2.45, 2.75) is 44.6 Å². The van der Waals surface area contributed by atoms with Gasteiger partial charge in [-0.05, 0) is 44.6 Å². The van der Waals surface area contributed by atoms with Crippen LogP contribution in [0.3, 0.4) is 0 Å². The van der Waals surface area contributed by atoms with Gasteiger partial charge >= 0.3 is 5.97 Å². The number of nitrogens with two attached hydrogens (primary N) is 1. The Morgan fingerprint density at radius 1 is 1.17 bits per heavy atom. The van der Waals surface area contributed by atoms with Crippen molar-refractivity contribution in [3.05, 3.63) is 0 Å². The smallest absolute Gasteiger partial charge is 0.326 e. The maximum atomic E-state index is 12.5. The Morgan fingerprint density at radius 3 is 2.61 bits per heavy atom. The summed E-state index contributed by atoms with van der Waals surface area (Å²) >= 11 is 0. The summed E-state index contributed by atoms with van der Waals surface area (Å²) < 4.78 is 0. The van der Waals surface area contributed by atoms with Gasteiger partial charge in [-0.25, -0.2) is 4.79 Å². The number of rotatable bonds is 3. The maximum Gasteiger partial charge on any atom is 0.326 e. The third-order valence-corrected chi connectivity index (χ3v) is 4.35. The second kappa shape index (κ2) is 5.69. The van der Waals surface area contributed by atoms with Gasteiger partial charge < -0.3 is 15.7 Å². The number of likely N-dealkylation sites (tertiary alicyclic amines) is 1. The maximum absolute atomic E-state index is 12.5. The van der Waals surface area contributed by atoms with Crippen molar-refractivity contribution in [1.82, 2.24) is 4.90 Å². The molecule has 5 heteroatoms. The minimum Gasteiger partial charge on any atom is -0.480 e. The molecule has 0 radical (unpaired) electrons. The Hall–Kier alpha value is -1.10. The van der Waals surface area contributed by atoms with Crippen molar-refractivity contribution in [3.8, 4) is 0 Å². The number of hydrogen-bond donors (Lipinski definition) is 2. The van der Waals surface area contributed by atoms with Crippen LogP contribution in [0.1, 0.15) is 38.5 Å². The van der Waals surface area contributed by atoms with Gasteiger partial charge in [0, 0.05) is 12.5 Å². The molecule has 1 saturated heterocycles. The molecule has 1 heterocycles. The van der Waals surface area contributed by atoms with E-state index in [2.05, 4.69) is 0 Å². The highest BCUT2D eigenvalue weighted by molar-refractivity contribution is 5.85. The Morgan fingerprint density at radius 2 is 1.94 bits per heavy atom. The highest BCUT2D eigenvalue weighted by atomic mass is 16.4. The molecule has 2 rings (SSSR count). The third kappa shape index (κ3) is 2.51. The van der Waals surface area contributed by atoms with E-state index in [0.717, 1.165) is 32.1 Å². The average Bonchev–Trinajstić information content (AvgIpc) is 2.86. The van der Waals surface area contributed by atoms with Crippen molar-refractivity contribution in [2.75, 3.05) is 13.1 Å². The lowest BCUT2D eigenvalue weighted by Crippen LogP contribution is -2.51. The zero-order valence-corrected chi connectivity index (χ0v) is 10.7. The zero-order chi connectivity index (χ0) is 13.1. The molecule has 1 aliphatic carbocycles. The summed E-state index contributed by atoms with van der Waals surface area (Å²) in [6.07, 6.45) is 5.29. The standard InChI is InChI=1S/C13H22N2O3/c14-8-9-4-3-5-10(9)12(16)15-7-2-1-6-11(15)13(17)18/h9-11H,1-8,14H2,(H,17,18). The first-order valence-electron chi connectivity index (χ1n) is 6.88. The van der Waals surface area contributed by atoms with Gasteiger partial charge in [-0.3, -0.25) is 4.79 Å². The lowest BCUT2D eigenvalue weighted by atomic mass is 9.92. The quantitative estimate of drug-likeness (QED) is 0.781. The molecule has 102 valence electrons. The minimum absolute atomic E-state index is 0.0232. The fourth-order valence-corrected chi connectivity index (χ4v) is 3.31. The fraction of sp³-hybridized carbons (Fsp3) is 0.846. The van der Waals surface area contributed by atoms with E-state index in [9.17, 15) is 14.7 Å². The number of carboxylic acid groups (broad SMARTS) is 1. The number of carbonyl (C=O) groups excluding carboxylic acids is 1. The molecule has 1 amide bonds. The van der Waals surface area contributed by atoms with Gasteiger partial charge in [0.25, 0.3) is 0 Å². The minimum atomic E-state index is -0.870. The summed E-state index contributed by atoms with van der Waals surface area (Å²) in [4.78, 5) is 25.3. The van der Waals surface area contributed by atoms with E-state index in [1.807, 2.05) is 0 Å². The van der Waals surface area contributed by atoms with Crippen LogP contribution in [-0.4, -0.2) is 41.0 Å². The van der Waals surface area contributed by atoms with Gasteiger partial charge in [0.15, 0.2) is 0 Å². The van der Waals surface area contributed by atoms with Crippen molar-refractivity contribution in [2.24, 2.45) is 17.6 Å². The van der Waals surface area contributed by atoms with E-state index >= 15 is 0 Å². The molecule has 1 aliphatic heterocycles. The summed E-state index contributed by atoms with van der Waals surface area (Å²) in [6, 6.07) is -0.620. The first-order valence-corrected chi connectivity index (χ1v) is 6.88. The van der Waals surface area contributed by atoms with E-state index in [1.165, 1.54) is 0 Å². The second-order valence-corrected chi connectivity index (χ2v) is 5.41. The Kier molecular flexibility index (Phi) is 4.22. The molecule has 3 unspecified atom stereocenters. The van der Waals surface area contributed by atoms with Crippen LogP contribution >= 0.6 is 0 Å². The fourth-order valence-electron chi connectivity index (χ4n) is 3.31. The van der Waals surface area contributed by atoms with Crippen LogP contribution in [0.25, 0.3) is 0 Å². The molecular weight excluding hydrogens is 232 g/mol. The van der Waals surface area contributed by atoms with Gasteiger partial charge in [0.1, 0.15) is 6.04 Å². The topological polar surface area (TPSA) is 83.6 Å². The largest absolute Gasteiger partial charge is 0.480 e. The van der Waals surface area contributed by atoms with Crippen molar-refractivity contribution in [1.29, 1.82) is 0 Å². The van der Waals surface area contributed by atoms with Crippen LogP contribution in [0.2, 0.25) is 0 Å².